The van der Waals surface area contributed by atoms with Crippen LogP contribution in [0, 0.1) is 17.8 Å². The second-order valence-electron chi connectivity index (χ2n) is 6.30. The van der Waals surface area contributed by atoms with E-state index in [1.807, 2.05) is 6.92 Å². The number of alkyl halides is 3. The number of carboxylic acids is 1. The molecule has 0 heterocycles. The van der Waals surface area contributed by atoms with Crippen molar-refractivity contribution in [2.45, 2.75) is 63.7 Å². The highest BCUT2D eigenvalue weighted by Crippen LogP contribution is 2.48. The SMILES string of the molecule is CC(CCCC(F)(F)F)NC1C2CCC(C2)C1C(=O)O. The number of hydrogen-bond donors (Lipinski definition) is 2. The highest BCUT2D eigenvalue weighted by atomic mass is 19.4. The molecule has 2 bridgehead atoms. The van der Waals surface area contributed by atoms with Crippen LogP contribution in [0.5, 0.6) is 0 Å². The molecule has 2 aliphatic carbocycles. The fourth-order valence-electron chi connectivity index (χ4n) is 3.91. The number of hydrogen-bond acceptors (Lipinski definition) is 2. The number of aliphatic carboxylic acids is 1. The van der Waals surface area contributed by atoms with Crippen molar-refractivity contribution in [1.29, 1.82) is 0 Å². The third kappa shape index (κ3) is 3.65. The van der Waals surface area contributed by atoms with Gasteiger partial charge in [0.15, 0.2) is 0 Å². The molecule has 5 unspecified atom stereocenters. The van der Waals surface area contributed by atoms with E-state index < -0.39 is 18.6 Å². The molecular weight excluding hydrogens is 271 g/mol. The first kappa shape index (κ1) is 15.6. The molecule has 5 atom stereocenters. The van der Waals surface area contributed by atoms with E-state index in [4.69, 9.17) is 0 Å². The number of carboxylic acid groups (broad SMARTS) is 1. The lowest BCUT2D eigenvalue weighted by molar-refractivity contribution is -0.144. The van der Waals surface area contributed by atoms with Crippen molar-refractivity contribution in [2.75, 3.05) is 0 Å². The Morgan fingerprint density at radius 2 is 2.00 bits per heavy atom. The highest BCUT2D eigenvalue weighted by Gasteiger charge is 2.51. The van der Waals surface area contributed by atoms with Crippen LogP contribution in [-0.2, 0) is 4.79 Å². The summed E-state index contributed by atoms with van der Waals surface area (Å²) in [5.41, 5.74) is 0. The van der Waals surface area contributed by atoms with E-state index in [1.165, 1.54) is 0 Å². The summed E-state index contributed by atoms with van der Waals surface area (Å²) in [7, 11) is 0. The van der Waals surface area contributed by atoms with Crippen LogP contribution in [0.2, 0.25) is 0 Å². The Hall–Kier alpha value is -0.780. The number of fused-ring (bicyclic) bond motifs is 2. The molecule has 0 aliphatic heterocycles. The largest absolute Gasteiger partial charge is 0.481 e. The predicted molar refractivity (Wildman–Crippen MR) is 68.2 cm³/mol. The summed E-state index contributed by atoms with van der Waals surface area (Å²) in [6.45, 7) is 1.85. The van der Waals surface area contributed by atoms with Gasteiger partial charge in [0.1, 0.15) is 0 Å². The molecule has 20 heavy (non-hydrogen) atoms. The van der Waals surface area contributed by atoms with Gasteiger partial charge in [-0.2, -0.15) is 13.2 Å². The predicted octanol–water partition coefficient (Wildman–Crippen LogP) is 3.20. The van der Waals surface area contributed by atoms with E-state index in [-0.39, 0.29) is 30.3 Å². The molecule has 0 amide bonds. The third-order valence-corrected chi connectivity index (χ3v) is 4.78. The lowest BCUT2D eigenvalue weighted by atomic mass is 9.84. The zero-order valence-electron chi connectivity index (χ0n) is 11.6. The lowest BCUT2D eigenvalue weighted by Gasteiger charge is -2.31. The molecule has 0 radical (unpaired) electrons. The van der Waals surface area contributed by atoms with Gasteiger partial charge in [-0.1, -0.05) is 0 Å². The van der Waals surface area contributed by atoms with E-state index in [0.717, 1.165) is 19.3 Å². The van der Waals surface area contributed by atoms with Gasteiger partial charge < -0.3 is 10.4 Å². The Morgan fingerprint density at radius 1 is 1.35 bits per heavy atom. The summed E-state index contributed by atoms with van der Waals surface area (Å²) in [6.07, 6.45) is -1.38. The van der Waals surface area contributed by atoms with Crippen LogP contribution in [-0.4, -0.2) is 29.3 Å². The van der Waals surface area contributed by atoms with E-state index in [9.17, 15) is 23.1 Å². The minimum atomic E-state index is -4.10. The fourth-order valence-corrected chi connectivity index (χ4v) is 3.91. The second-order valence-corrected chi connectivity index (χ2v) is 6.30. The van der Waals surface area contributed by atoms with Gasteiger partial charge >= 0.3 is 12.1 Å². The molecule has 0 aromatic carbocycles. The van der Waals surface area contributed by atoms with Crippen molar-refractivity contribution in [1.82, 2.24) is 5.32 Å². The van der Waals surface area contributed by atoms with Gasteiger partial charge in [-0.15, -0.1) is 0 Å². The topological polar surface area (TPSA) is 49.3 Å². The van der Waals surface area contributed by atoms with Crippen molar-refractivity contribution in [3.8, 4) is 0 Å². The van der Waals surface area contributed by atoms with Crippen molar-refractivity contribution < 1.29 is 23.1 Å². The highest BCUT2D eigenvalue weighted by molar-refractivity contribution is 5.72. The average Bonchev–Trinajstić information content (AvgIpc) is 2.86. The number of rotatable bonds is 6. The van der Waals surface area contributed by atoms with Gasteiger partial charge in [-0.05, 0) is 50.9 Å². The minimum absolute atomic E-state index is 0.0628. The van der Waals surface area contributed by atoms with Crippen LogP contribution in [0.3, 0.4) is 0 Å². The van der Waals surface area contributed by atoms with Crippen LogP contribution < -0.4 is 5.32 Å². The molecular formula is C14H22F3NO2. The van der Waals surface area contributed by atoms with Crippen LogP contribution in [0.25, 0.3) is 0 Å². The number of halogens is 3. The van der Waals surface area contributed by atoms with Gasteiger partial charge in [0.2, 0.25) is 0 Å². The molecule has 2 N–H and O–H groups in total. The van der Waals surface area contributed by atoms with Crippen molar-refractivity contribution in [2.24, 2.45) is 17.8 Å². The van der Waals surface area contributed by atoms with Gasteiger partial charge in [0.25, 0.3) is 0 Å². The van der Waals surface area contributed by atoms with Crippen molar-refractivity contribution in [3.63, 3.8) is 0 Å². The molecule has 0 aromatic heterocycles. The Morgan fingerprint density at radius 3 is 2.60 bits per heavy atom. The van der Waals surface area contributed by atoms with Crippen molar-refractivity contribution in [3.05, 3.63) is 0 Å². The maximum atomic E-state index is 12.1. The smallest absolute Gasteiger partial charge is 0.389 e. The van der Waals surface area contributed by atoms with Crippen LogP contribution in [0.15, 0.2) is 0 Å². The van der Waals surface area contributed by atoms with Gasteiger partial charge in [-0.25, -0.2) is 0 Å². The maximum absolute atomic E-state index is 12.1. The molecule has 6 heteroatoms. The zero-order valence-corrected chi connectivity index (χ0v) is 11.6. The molecule has 0 saturated heterocycles. The summed E-state index contributed by atoms with van der Waals surface area (Å²) >= 11 is 0. The summed E-state index contributed by atoms with van der Waals surface area (Å²) in [5.74, 6) is -0.500. The van der Waals surface area contributed by atoms with E-state index >= 15 is 0 Å². The molecule has 2 fully saturated rings. The summed E-state index contributed by atoms with van der Waals surface area (Å²) < 4.78 is 36.3. The van der Waals surface area contributed by atoms with Gasteiger partial charge in [0, 0.05) is 18.5 Å². The lowest BCUT2D eigenvalue weighted by Crippen LogP contribution is -2.47. The molecule has 0 aromatic rings. The second kappa shape index (κ2) is 5.92. The number of carbonyl (C=O) groups is 1. The van der Waals surface area contributed by atoms with E-state index in [1.54, 1.807) is 0 Å². The average molecular weight is 293 g/mol. The van der Waals surface area contributed by atoms with Crippen LogP contribution in [0.4, 0.5) is 13.2 Å². The third-order valence-electron chi connectivity index (χ3n) is 4.78. The summed E-state index contributed by atoms with van der Waals surface area (Å²) in [5, 5.41) is 12.6. The Labute approximate surface area is 116 Å². The first-order chi connectivity index (χ1) is 9.28. The van der Waals surface area contributed by atoms with Crippen LogP contribution in [0.1, 0.15) is 45.4 Å². The molecule has 2 saturated carbocycles. The summed E-state index contributed by atoms with van der Waals surface area (Å²) in [6, 6.07) is -0.129. The standard InChI is InChI=1S/C14H22F3NO2/c1-8(3-2-6-14(15,16)17)18-12-10-5-4-9(7-10)11(12)13(19)20/h8-12,18H,2-7H2,1H3,(H,19,20). The maximum Gasteiger partial charge on any atom is 0.389 e. The Kier molecular flexibility index (Phi) is 4.62. The minimum Gasteiger partial charge on any atom is -0.481 e. The van der Waals surface area contributed by atoms with Gasteiger partial charge in [0.05, 0.1) is 5.92 Å². The van der Waals surface area contributed by atoms with E-state index in [2.05, 4.69) is 5.32 Å². The zero-order chi connectivity index (χ0) is 14.9. The monoisotopic (exact) mass is 293 g/mol. The first-order valence-corrected chi connectivity index (χ1v) is 7.33. The van der Waals surface area contributed by atoms with E-state index in [0.29, 0.717) is 12.3 Å². The Balaban J connectivity index is 1.81. The van der Waals surface area contributed by atoms with Crippen molar-refractivity contribution >= 4 is 5.97 Å². The van der Waals surface area contributed by atoms with Gasteiger partial charge in [-0.3, -0.25) is 4.79 Å². The fraction of sp³-hybridized carbons (Fsp3) is 0.929. The quantitative estimate of drug-likeness (QED) is 0.790. The summed E-state index contributed by atoms with van der Waals surface area (Å²) in [4.78, 5) is 11.3. The molecule has 0 spiro atoms. The normalized spacial score (nSPS) is 34.4. The van der Waals surface area contributed by atoms with Crippen LogP contribution >= 0.6 is 0 Å². The Bertz CT molecular complexity index is 359. The molecule has 116 valence electrons. The molecule has 2 rings (SSSR count). The first-order valence-electron chi connectivity index (χ1n) is 7.33. The molecule has 3 nitrogen and oxygen atoms in total. The number of nitrogens with one attached hydrogen (secondary N) is 1. The molecule has 2 aliphatic rings.